The molecule has 0 bridgehead atoms. The predicted octanol–water partition coefficient (Wildman–Crippen LogP) is 3.81. The fourth-order valence-corrected chi connectivity index (χ4v) is 4.62. The van der Waals surface area contributed by atoms with Crippen LogP contribution in [-0.2, 0) is 11.2 Å². The molecule has 1 atom stereocenters. The van der Waals surface area contributed by atoms with Gasteiger partial charge in [-0.2, -0.15) is 0 Å². The number of hydrogen-bond acceptors (Lipinski definition) is 4. The molecular formula is C20H20N2O3S. The second-order valence-electron chi connectivity index (χ2n) is 6.75. The van der Waals surface area contributed by atoms with Crippen LogP contribution < -0.4 is 5.73 Å². The van der Waals surface area contributed by atoms with E-state index in [-0.39, 0.29) is 11.9 Å². The number of likely N-dealkylation sites (tertiary alicyclic amines) is 1. The molecule has 1 aliphatic heterocycles. The van der Waals surface area contributed by atoms with Crippen LogP contribution in [0.1, 0.15) is 44.6 Å². The van der Waals surface area contributed by atoms with E-state index in [1.165, 1.54) is 11.3 Å². The summed E-state index contributed by atoms with van der Waals surface area (Å²) in [7, 11) is 0. The first-order chi connectivity index (χ1) is 12.5. The first kappa shape index (κ1) is 16.8. The number of furan rings is 1. The molecule has 4 rings (SSSR count). The summed E-state index contributed by atoms with van der Waals surface area (Å²) >= 11 is 1.38. The molecule has 26 heavy (non-hydrogen) atoms. The Labute approximate surface area is 155 Å². The number of hydrogen-bond donors (Lipinski definition) is 1. The maximum Gasteiger partial charge on any atom is 0.258 e. The van der Waals surface area contributed by atoms with Gasteiger partial charge in [0.25, 0.3) is 5.91 Å². The quantitative estimate of drug-likeness (QED) is 0.761. The maximum atomic E-state index is 12.9. The average Bonchev–Trinajstić information content (AvgIpc) is 3.33. The van der Waals surface area contributed by atoms with E-state index in [4.69, 9.17) is 10.2 Å². The molecule has 0 saturated carbocycles. The van der Waals surface area contributed by atoms with E-state index < -0.39 is 5.91 Å². The van der Waals surface area contributed by atoms with E-state index >= 15 is 0 Å². The summed E-state index contributed by atoms with van der Waals surface area (Å²) in [5, 5.41) is 0.992. The number of primary amides is 1. The van der Waals surface area contributed by atoms with Crippen LogP contribution in [-0.4, -0.2) is 23.3 Å². The van der Waals surface area contributed by atoms with Crippen LogP contribution >= 0.6 is 11.3 Å². The van der Waals surface area contributed by atoms with Gasteiger partial charge in [0.05, 0.1) is 23.6 Å². The minimum absolute atomic E-state index is 0.0287. The van der Waals surface area contributed by atoms with E-state index in [2.05, 4.69) is 0 Å². The highest BCUT2D eigenvalue weighted by molar-refractivity contribution is 7.14. The molecule has 5 nitrogen and oxygen atoms in total. The van der Waals surface area contributed by atoms with Gasteiger partial charge in [0.1, 0.15) is 5.58 Å². The molecule has 1 aliphatic rings. The largest absolute Gasteiger partial charge is 0.464 e. The lowest BCUT2D eigenvalue weighted by atomic mass is 10.1. The van der Waals surface area contributed by atoms with Gasteiger partial charge < -0.3 is 15.1 Å². The summed E-state index contributed by atoms with van der Waals surface area (Å²) in [6.07, 6.45) is 3.88. The van der Waals surface area contributed by atoms with E-state index in [9.17, 15) is 9.59 Å². The number of nitrogens with zero attached hydrogens (tertiary/aromatic N) is 1. The van der Waals surface area contributed by atoms with Crippen LogP contribution in [0.4, 0.5) is 0 Å². The Morgan fingerprint density at radius 1 is 1.31 bits per heavy atom. The molecule has 0 aliphatic carbocycles. The Morgan fingerprint density at radius 2 is 2.15 bits per heavy atom. The molecule has 1 saturated heterocycles. The van der Waals surface area contributed by atoms with Crippen molar-refractivity contribution in [3.05, 3.63) is 57.5 Å². The molecule has 1 fully saturated rings. The topological polar surface area (TPSA) is 76.5 Å². The number of thiophene rings is 1. The number of fused-ring (bicyclic) bond motifs is 1. The summed E-state index contributed by atoms with van der Waals surface area (Å²) in [6, 6.07) is 9.71. The fourth-order valence-electron chi connectivity index (χ4n) is 3.62. The van der Waals surface area contributed by atoms with E-state index in [1.54, 1.807) is 12.3 Å². The van der Waals surface area contributed by atoms with E-state index in [0.717, 1.165) is 46.4 Å². The van der Waals surface area contributed by atoms with Gasteiger partial charge in [-0.05, 0) is 43.5 Å². The Morgan fingerprint density at radius 3 is 2.92 bits per heavy atom. The van der Waals surface area contributed by atoms with Crippen LogP contribution in [0.5, 0.6) is 0 Å². The van der Waals surface area contributed by atoms with Crippen molar-refractivity contribution < 1.29 is 14.0 Å². The zero-order valence-electron chi connectivity index (χ0n) is 14.5. The number of carbonyl (C=O) groups excluding carboxylic acids is 2. The monoisotopic (exact) mass is 368 g/mol. The zero-order chi connectivity index (χ0) is 18.3. The van der Waals surface area contributed by atoms with Gasteiger partial charge in [0.15, 0.2) is 0 Å². The van der Waals surface area contributed by atoms with Crippen molar-refractivity contribution in [2.24, 2.45) is 5.73 Å². The first-order valence-electron chi connectivity index (χ1n) is 8.68. The third-order valence-corrected chi connectivity index (χ3v) is 6.13. The van der Waals surface area contributed by atoms with Crippen LogP contribution in [0.25, 0.3) is 11.0 Å². The van der Waals surface area contributed by atoms with Crippen LogP contribution in [0.2, 0.25) is 0 Å². The molecular weight excluding hydrogens is 348 g/mol. The van der Waals surface area contributed by atoms with Crippen molar-refractivity contribution in [1.29, 1.82) is 0 Å². The van der Waals surface area contributed by atoms with Crippen molar-refractivity contribution in [3.8, 4) is 0 Å². The van der Waals surface area contributed by atoms with Crippen LogP contribution in [0, 0.1) is 6.92 Å². The number of rotatable bonds is 4. The Kier molecular flexibility index (Phi) is 4.28. The van der Waals surface area contributed by atoms with Crippen LogP contribution in [0.15, 0.2) is 41.0 Å². The molecule has 6 heteroatoms. The number of amides is 2. The van der Waals surface area contributed by atoms with Crippen molar-refractivity contribution in [2.75, 3.05) is 6.54 Å². The molecule has 0 radical (unpaired) electrons. The highest BCUT2D eigenvalue weighted by Crippen LogP contribution is 2.36. The lowest BCUT2D eigenvalue weighted by Crippen LogP contribution is -2.31. The second kappa shape index (κ2) is 6.61. The summed E-state index contributed by atoms with van der Waals surface area (Å²) in [5.41, 5.74) is 8.22. The molecule has 1 aromatic carbocycles. The van der Waals surface area contributed by atoms with Crippen molar-refractivity contribution in [1.82, 2.24) is 4.90 Å². The van der Waals surface area contributed by atoms with Gasteiger partial charge in [-0.1, -0.05) is 12.1 Å². The SMILES string of the molecule is Cc1ccc2c(CC(=O)N3CCC[C@@H]3c3ccc(C(N)=O)s3)coc2c1. The fraction of sp³-hybridized carbons (Fsp3) is 0.300. The average molecular weight is 368 g/mol. The number of carbonyl (C=O) groups is 2. The summed E-state index contributed by atoms with van der Waals surface area (Å²) in [5.74, 6) is -0.331. The summed E-state index contributed by atoms with van der Waals surface area (Å²) in [4.78, 5) is 27.8. The zero-order valence-corrected chi connectivity index (χ0v) is 15.3. The molecule has 0 spiro atoms. The summed E-state index contributed by atoms with van der Waals surface area (Å²) < 4.78 is 5.61. The predicted molar refractivity (Wildman–Crippen MR) is 101 cm³/mol. The molecule has 2 aromatic heterocycles. The second-order valence-corrected chi connectivity index (χ2v) is 7.86. The van der Waals surface area contributed by atoms with Crippen molar-refractivity contribution in [3.63, 3.8) is 0 Å². The Hall–Kier alpha value is -2.60. The standard InChI is InChI=1S/C20H20N2O3S/c1-12-4-5-14-13(11-25-16(14)9-12)10-19(23)22-8-2-3-15(22)17-6-7-18(26-17)20(21)24/h4-7,9,11,15H,2-3,8,10H2,1H3,(H2,21,24)/t15-/m1/s1. The highest BCUT2D eigenvalue weighted by atomic mass is 32.1. The third-order valence-electron chi connectivity index (χ3n) is 4.92. The van der Waals surface area contributed by atoms with Gasteiger partial charge in [-0.15, -0.1) is 11.3 Å². The van der Waals surface area contributed by atoms with Crippen LogP contribution in [0.3, 0.4) is 0 Å². The molecule has 3 heterocycles. The van der Waals surface area contributed by atoms with Crippen molar-refractivity contribution >= 4 is 34.1 Å². The molecule has 2 amide bonds. The number of nitrogens with two attached hydrogens (primary N) is 1. The third kappa shape index (κ3) is 3.01. The lowest BCUT2D eigenvalue weighted by Gasteiger charge is -2.23. The van der Waals surface area contributed by atoms with Gasteiger partial charge >= 0.3 is 0 Å². The molecule has 134 valence electrons. The van der Waals surface area contributed by atoms with Gasteiger partial charge in [0.2, 0.25) is 5.91 Å². The Balaban J connectivity index is 1.55. The highest BCUT2D eigenvalue weighted by Gasteiger charge is 2.31. The summed E-state index contributed by atoms with van der Waals surface area (Å²) in [6.45, 7) is 2.76. The smallest absolute Gasteiger partial charge is 0.258 e. The lowest BCUT2D eigenvalue weighted by molar-refractivity contribution is -0.131. The van der Waals surface area contributed by atoms with Gasteiger partial charge in [-0.3, -0.25) is 9.59 Å². The number of benzene rings is 1. The minimum atomic E-state index is -0.419. The first-order valence-corrected chi connectivity index (χ1v) is 9.50. The number of aryl methyl sites for hydroxylation is 1. The van der Waals surface area contributed by atoms with E-state index in [1.807, 2.05) is 36.1 Å². The Bertz CT molecular complexity index is 988. The molecule has 3 aromatic rings. The van der Waals surface area contributed by atoms with Gasteiger partial charge in [-0.25, -0.2) is 0 Å². The minimum Gasteiger partial charge on any atom is -0.464 e. The molecule has 0 unspecified atom stereocenters. The normalized spacial score (nSPS) is 17.1. The van der Waals surface area contributed by atoms with Gasteiger partial charge in [0, 0.05) is 22.4 Å². The van der Waals surface area contributed by atoms with E-state index in [0.29, 0.717) is 11.3 Å². The molecule has 2 N–H and O–H groups in total. The maximum absolute atomic E-state index is 12.9. The van der Waals surface area contributed by atoms with Crippen molar-refractivity contribution in [2.45, 2.75) is 32.2 Å².